The highest BCUT2D eigenvalue weighted by Gasteiger charge is 2.53. The van der Waals surface area contributed by atoms with Crippen molar-refractivity contribution in [1.29, 1.82) is 0 Å². The predicted molar refractivity (Wildman–Crippen MR) is 70.9 cm³/mol. The van der Waals surface area contributed by atoms with Gasteiger partial charge in [-0.05, 0) is 45.2 Å². The molecule has 0 aromatic heterocycles. The third kappa shape index (κ3) is 1.29. The molecule has 1 heterocycles. The van der Waals surface area contributed by atoms with Crippen LogP contribution in [0.1, 0.15) is 33.1 Å². The molecule has 0 atom stereocenters. The number of benzene rings is 1. The first kappa shape index (κ1) is 11.4. The lowest BCUT2D eigenvalue weighted by molar-refractivity contribution is -0.124. The highest BCUT2D eigenvalue weighted by Crippen LogP contribution is 2.50. The summed E-state index contributed by atoms with van der Waals surface area (Å²) in [5.41, 5.74) is 1.09. The molecule has 1 saturated carbocycles. The van der Waals surface area contributed by atoms with Crippen LogP contribution in [0, 0.1) is 0 Å². The van der Waals surface area contributed by atoms with E-state index in [-0.39, 0.29) is 17.7 Å². The number of anilines is 2. The van der Waals surface area contributed by atoms with Gasteiger partial charge < -0.3 is 15.3 Å². The van der Waals surface area contributed by atoms with Crippen LogP contribution >= 0.6 is 0 Å². The Bertz CT molecular complexity index is 507. The van der Waals surface area contributed by atoms with Crippen molar-refractivity contribution in [1.82, 2.24) is 0 Å². The fourth-order valence-corrected chi connectivity index (χ4v) is 3.18. The number of nitrogens with zero attached hydrogens (tertiary/aromatic N) is 1. The van der Waals surface area contributed by atoms with Crippen LogP contribution in [-0.4, -0.2) is 22.6 Å². The Morgan fingerprint density at radius 1 is 1.39 bits per heavy atom. The maximum absolute atomic E-state index is 12.4. The molecule has 1 amide bonds. The van der Waals surface area contributed by atoms with Crippen molar-refractivity contribution in [2.45, 2.75) is 44.7 Å². The first-order chi connectivity index (χ1) is 8.56. The second-order valence-corrected chi connectivity index (χ2v) is 5.47. The first-order valence-corrected chi connectivity index (χ1v) is 6.49. The molecule has 2 N–H and O–H groups in total. The predicted octanol–water partition coefficient (Wildman–Crippen LogP) is 2.48. The minimum absolute atomic E-state index is 0.0245. The number of fused-ring (bicyclic) bond motifs is 1. The largest absolute Gasteiger partial charge is 0.506 e. The molecule has 18 heavy (non-hydrogen) atoms. The summed E-state index contributed by atoms with van der Waals surface area (Å²) >= 11 is 0. The van der Waals surface area contributed by atoms with Gasteiger partial charge in [0.25, 0.3) is 0 Å². The lowest BCUT2D eigenvalue weighted by Gasteiger charge is -2.54. The number of rotatable bonds is 1. The molecule has 4 heteroatoms. The standard InChI is InChI=1S/C14H18N2O2/c1-9(2)16-10-5-3-6-11(17)12(10)15-13(18)14(16)7-4-8-14/h3,5-6,9,17H,4,7-8H2,1-2H3,(H,15,18). The summed E-state index contributed by atoms with van der Waals surface area (Å²) in [4.78, 5) is 14.5. The average Bonchev–Trinajstić information content (AvgIpc) is 2.26. The molecular weight excluding hydrogens is 228 g/mol. The zero-order chi connectivity index (χ0) is 12.9. The molecule has 0 saturated heterocycles. The zero-order valence-electron chi connectivity index (χ0n) is 10.7. The number of hydrogen-bond acceptors (Lipinski definition) is 3. The molecule has 4 nitrogen and oxygen atoms in total. The van der Waals surface area contributed by atoms with E-state index in [2.05, 4.69) is 24.1 Å². The lowest BCUT2D eigenvalue weighted by Crippen LogP contribution is -2.65. The third-order valence-electron chi connectivity index (χ3n) is 4.10. The van der Waals surface area contributed by atoms with E-state index in [1.807, 2.05) is 12.1 Å². The van der Waals surface area contributed by atoms with Crippen molar-refractivity contribution in [3.05, 3.63) is 18.2 Å². The van der Waals surface area contributed by atoms with Crippen LogP contribution in [0.4, 0.5) is 11.4 Å². The van der Waals surface area contributed by atoms with Crippen molar-refractivity contribution in [3.63, 3.8) is 0 Å². The highest BCUT2D eigenvalue weighted by atomic mass is 16.3. The van der Waals surface area contributed by atoms with E-state index in [0.29, 0.717) is 5.69 Å². The summed E-state index contributed by atoms with van der Waals surface area (Å²) in [6, 6.07) is 5.63. The van der Waals surface area contributed by atoms with E-state index in [4.69, 9.17) is 0 Å². The minimum Gasteiger partial charge on any atom is -0.506 e. The van der Waals surface area contributed by atoms with Crippen LogP contribution in [0.3, 0.4) is 0 Å². The molecule has 96 valence electrons. The van der Waals surface area contributed by atoms with Gasteiger partial charge in [-0.2, -0.15) is 0 Å². The lowest BCUT2D eigenvalue weighted by atomic mass is 9.72. The Labute approximate surface area is 107 Å². The molecule has 3 rings (SSSR count). The van der Waals surface area contributed by atoms with Crippen molar-refractivity contribution < 1.29 is 9.90 Å². The van der Waals surface area contributed by atoms with Crippen molar-refractivity contribution in [2.24, 2.45) is 0 Å². The summed E-state index contributed by atoms with van der Waals surface area (Å²) in [7, 11) is 0. The second kappa shape index (κ2) is 3.64. The number of para-hydroxylation sites is 1. The van der Waals surface area contributed by atoms with Gasteiger partial charge in [0.2, 0.25) is 5.91 Å². The Morgan fingerprint density at radius 2 is 2.11 bits per heavy atom. The molecule has 0 radical (unpaired) electrons. The van der Waals surface area contributed by atoms with Gasteiger partial charge in [-0.25, -0.2) is 0 Å². The van der Waals surface area contributed by atoms with Crippen molar-refractivity contribution in [3.8, 4) is 5.75 Å². The van der Waals surface area contributed by atoms with E-state index < -0.39 is 5.54 Å². The van der Waals surface area contributed by atoms with Gasteiger partial charge >= 0.3 is 0 Å². The fourth-order valence-electron chi connectivity index (χ4n) is 3.18. The normalized spacial score (nSPS) is 20.6. The average molecular weight is 246 g/mol. The summed E-state index contributed by atoms with van der Waals surface area (Å²) in [6.45, 7) is 4.18. The topological polar surface area (TPSA) is 52.6 Å². The highest BCUT2D eigenvalue weighted by molar-refractivity contribution is 6.08. The fraction of sp³-hybridized carbons (Fsp3) is 0.500. The van der Waals surface area contributed by atoms with E-state index in [1.54, 1.807) is 6.07 Å². The van der Waals surface area contributed by atoms with Crippen molar-refractivity contribution >= 4 is 17.3 Å². The molecule has 1 fully saturated rings. The van der Waals surface area contributed by atoms with E-state index in [0.717, 1.165) is 24.9 Å². The molecule has 0 bridgehead atoms. The van der Waals surface area contributed by atoms with Crippen LogP contribution in [0.25, 0.3) is 0 Å². The quantitative estimate of drug-likeness (QED) is 0.748. The molecule has 1 aliphatic heterocycles. The number of nitrogens with one attached hydrogen (secondary N) is 1. The summed E-state index contributed by atoms with van der Waals surface area (Å²) < 4.78 is 0. The Morgan fingerprint density at radius 3 is 2.67 bits per heavy atom. The van der Waals surface area contributed by atoms with E-state index >= 15 is 0 Å². The SMILES string of the molecule is CC(C)N1c2cccc(O)c2NC(=O)C12CCC2. The monoisotopic (exact) mass is 246 g/mol. The molecule has 2 aliphatic rings. The molecule has 1 aliphatic carbocycles. The molecule has 0 unspecified atom stereocenters. The number of amides is 1. The van der Waals surface area contributed by atoms with Crippen LogP contribution in [0.2, 0.25) is 0 Å². The van der Waals surface area contributed by atoms with Crippen LogP contribution in [0.15, 0.2) is 18.2 Å². The number of phenolic OH excluding ortho intramolecular Hbond substituents is 1. The zero-order valence-corrected chi connectivity index (χ0v) is 10.7. The minimum atomic E-state index is -0.394. The van der Waals surface area contributed by atoms with Crippen LogP contribution in [0.5, 0.6) is 5.75 Å². The Kier molecular flexibility index (Phi) is 2.30. The smallest absolute Gasteiger partial charge is 0.250 e. The van der Waals surface area contributed by atoms with Gasteiger partial charge in [-0.1, -0.05) is 6.07 Å². The van der Waals surface area contributed by atoms with E-state index in [9.17, 15) is 9.90 Å². The van der Waals surface area contributed by atoms with Gasteiger partial charge in [0, 0.05) is 6.04 Å². The van der Waals surface area contributed by atoms with Gasteiger partial charge in [0.05, 0.1) is 5.69 Å². The Balaban J connectivity index is 2.17. The van der Waals surface area contributed by atoms with Gasteiger partial charge in [-0.15, -0.1) is 0 Å². The number of phenols is 1. The number of carbonyl (C=O) groups is 1. The first-order valence-electron chi connectivity index (χ1n) is 6.49. The Hall–Kier alpha value is -1.71. The van der Waals surface area contributed by atoms with Gasteiger partial charge in [0.1, 0.15) is 17.0 Å². The summed E-state index contributed by atoms with van der Waals surface area (Å²) in [6.07, 6.45) is 2.88. The molecule has 1 aromatic carbocycles. The molecule has 1 spiro atoms. The third-order valence-corrected chi connectivity index (χ3v) is 4.10. The molecular formula is C14H18N2O2. The summed E-state index contributed by atoms with van der Waals surface area (Å²) in [5, 5.41) is 12.8. The second-order valence-electron chi connectivity index (χ2n) is 5.47. The molecule has 1 aromatic rings. The van der Waals surface area contributed by atoms with Crippen LogP contribution < -0.4 is 10.2 Å². The van der Waals surface area contributed by atoms with E-state index in [1.165, 1.54) is 0 Å². The van der Waals surface area contributed by atoms with Gasteiger partial charge in [0.15, 0.2) is 0 Å². The van der Waals surface area contributed by atoms with Crippen LogP contribution in [-0.2, 0) is 4.79 Å². The number of carbonyl (C=O) groups excluding carboxylic acids is 1. The number of aromatic hydroxyl groups is 1. The van der Waals surface area contributed by atoms with Gasteiger partial charge in [-0.3, -0.25) is 4.79 Å². The maximum Gasteiger partial charge on any atom is 0.250 e. The maximum atomic E-state index is 12.4. The summed E-state index contributed by atoms with van der Waals surface area (Å²) in [5.74, 6) is 0.164. The number of hydrogen-bond donors (Lipinski definition) is 2. The van der Waals surface area contributed by atoms with Crippen molar-refractivity contribution in [2.75, 3.05) is 10.2 Å².